The van der Waals surface area contributed by atoms with Crippen LogP contribution in [0, 0.1) is 15.7 Å². The molecule has 0 heterocycles. The Hall–Kier alpha value is -0.0935. The minimum atomic E-state index is -4.94. The molecule has 0 radical (unpaired) electrons. The van der Waals surface area contributed by atoms with E-state index in [2.05, 4.69) is 0 Å². The molecule has 0 atom stereocenters. The van der Waals surface area contributed by atoms with Crippen molar-refractivity contribution in [1.29, 1.82) is 0 Å². The maximum Gasteiger partial charge on any atom is 3.00 e. The second kappa shape index (κ2) is 19.3. The molecule has 0 rings (SSSR count). The van der Waals surface area contributed by atoms with Crippen LogP contribution in [-0.2, 0) is 21.6 Å². The molecule has 0 saturated carbocycles. The molecule has 120 valence electrons. The van der Waals surface area contributed by atoms with E-state index in [9.17, 15) is 9.90 Å². The number of carboxylic acids is 1. The summed E-state index contributed by atoms with van der Waals surface area (Å²) in [6.07, 6.45) is 0. The number of rotatable bonds is 0. The number of halogens is 1. The zero-order valence-corrected chi connectivity index (χ0v) is 12.5. The first kappa shape index (κ1) is 52.2. The molecular formula is C5H24ClCoN5O6+. The van der Waals surface area contributed by atoms with Gasteiger partial charge in [0.25, 0.3) is 0 Å². The van der Waals surface area contributed by atoms with Crippen LogP contribution in [0.5, 0.6) is 0 Å². The average molecular weight is 345 g/mol. The number of aliphatic carboxylic acids is 1. The van der Waals surface area contributed by atoms with E-state index >= 15 is 0 Å². The molecule has 0 bridgehead atoms. The van der Waals surface area contributed by atoms with Crippen LogP contribution in [0.2, 0.25) is 0 Å². The van der Waals surface area contributed by atoms with E-state index in [0.717, 1.165) is 0 Å². The van der Waals surface area contributed by atoms with Crippen LogP contribution in [0.3, 0.4) is 0 Å². The average Bonchev–Trinajstić information content (AvgIpc) is 1.55. The third-order valence-electron chi connectivity index (χ3n) is 0.612. The molecule has 11 nitrogen and oxygen atoms in total. The van der Waals surface area contributed by atoms with Gasteiger partial charge in [0.15, 0.2) is 0 Å². The molecule has 18 heavy (non-hydrogen) atoms. The van der Waals surface area contributed by atoms with Gasteiger partial charge >= 0.3 is 16.8 Å². The fourth-order valence-electron chi connectivity index (χ4n) is 0. The largest absolute Gasteiger partial charge is 3.00 e. The molecule has 0 fully saturated rings. The van der Waals surface area contributed by atoms with Gasteiger partial charge in [-0.15, -0.1) is 10.2 Å². The monoisotopic (exact) mass is 344 g/mol. The van der Waals surface area contributed by atoms with Crippen molar-refractivity contribution in [3.05, 3.63) is 0 Å². The summed E-state index contributed by atoms with van der Waals surface area (Å²) in [5, 5.41) is 9.91. The van der Waals surface area contributed by atoms with E-state index in [1.807, 2.05) is 0 Å². The Labute approximate surface area is 119 Å². The van der Waals surface area contributed by atoms with E-state index in [-0.39, 0.29) is 47.5 Å². The molecule has 0 aliphatic heterocycles. The minimum Gasteiger partial charge on any atom is -0.550 e. The van der Waals surface area contributed by atoms with Gasteiger partial charge in [-0.05, 0) is 0 Å². The Morgan fingerprint density at radius 2 is 0.889 bits per heavy atom. The molecule has 15 N–H and O–H groups in total. The minimum absolute atomic E-state index is 0. The molecule has 0 aromatic heterocycles. The van der Waals surface area contributed by atoms with Crippen LogP contribution in [0.1, 0.15) is 20.8 Å². The summed E-state index contributed by atoms with van der Waals surface area (Å²) in [5.41, 5.74) is -0.694. The first-order chi connectivity index (χ1) is 4.94. The van der Waals surface area contributed by atoms with Gasteiger partial charge in [-0.2, -0.15) is 0 Å². The molecule has 0 spiro atoms. The van der Waals surface area contributed by atoms with Gasteiger partial charge in [-0.1, -0.05) is 20.8 Å². The van der Waals surface area contributed by atoms with Crippen LogP contribution in [0.25, 0.3) is 0 Å². The van der Waals surface area contributed by atoms with Crippen molar-refractivity contribution in [2.45, 2.75) is 20.8 Å². The third kappa shape index (κ3) is 101. The Balaban J connectivity index is -0.0000000142. The van der Waals surface area contributed by atoms with Crippen molar-refractivity contribution in [1.82, 2.24) is 30.8 Å². The van der Waals surface area contributed by atoms with Crippen molar-refractivity contribution in [2.75, 3.05) is 0 Å². The summed E-state index contributed by atoms with van der Waals surface area (Å²) in [7, 11) is -4.94. The Morgan fingerprint density at radius 3 is 0.889 bits per heavy atom. The summed E-state index contributed by atoms with van der Waals surface area (Å²) in [5.74, 6) is -1.01. The maximum atomic E-state index is 9.91. The van der Waals surface area contributed by atoms with E-state index in [1.54, 1.807) is 20.8 Å². The number of carboxylic acid groups (broad SMARTS) is 1. The zero-order valence-electron chi connectivity index (χ0n) is 10.7. The summed E-state index contributed by atoms with van der Waals surface area (Å²) in [6, 6.07) is 0. The van der Waals surface area contributed by atoms with E-state index in [1.165, 1.54) is 0 Å². The van der Waals surface area contributed by atoms with Crippen molar-refractivity contribution >= 4 is 5.97 Å². The van der Waals surface area contributed by atoms with Crippen LogP contribution < -0.4 is 54.5 Å². The van der Waals surface area contributed by atoms with Gasteiger partial charge in [-0.25, -0.2) is 18.6 Å². The van der Waals surface area contributed by atoms with E-state index < -0.39 is 21.6 Å². The fraction of sp³-hybridized carbons (Fsp3) is 0.800. The standard InChI is InChI=1S/C5H10O2.ClHO4.Co.5H3N/c1-5(2,3)4(6)7;2-1(3,4)5;;;;;;/h1-3H3,(H,6,7);(H,2,3,4,5);;5*1H3/q;;+3;;;;;/p-2. The summed E-state index contributed by atoms with van der Waals surface area (Å²) >= 11 is 0. The number of carbonyl (C=O) groups excluding carboxylic acids is 1. The topological polar surface area (TPSA) is 307 Å². The SMILES string of the molecule is CC(C)(C)C(=O)[O-].N.N.N.N.N.[Co+3].[O-][Cl+3]([O-])([O-])[O-]. The van der Waals surface area contributed by atoms with E-state index in [4.69, 9.17) is 18.6 Å². The normalized spacial score (nSPS) is 7.72. The van der Waals surface area contributed by atoms with Gasteiger partial charge in [0.2, 0.25) is 0 Å². The molecule has 0 saturated heterocycles. The van der Waals surface area contributed by atoms with Crippen molar-refractivity contribution in [3.63, 3.8) is 0 Å². The van der Waals surface area contributed by atoms with Gasteiger partial charge in [0, 0.05) is 11.4 Å². The number of carbonyl (C=O) groups is 1. The van der Waals surface area contributed by atoms with E-state index in [0.29, 0.717) is 0 Å². The molecule has 0 aliphatic rings. The van der Waals surface area contributed by atoms with Crippen LogP contribution in [-0.4, -0.2) is 5.97 Å². The maximum absolute atomic E-state index is 9.91. The molecule has 0 amide bonds. The predicted molar refractivity (Wildman–Crippen MR) is 49.6 cm³/mol. The molecule has 0 aromatic rings. The number of hydrogen-bond donors (Lipinski definition) is 5. The number of hydrogen-bond acceptors (Lipinski definition) is 11. The predicted octanol–water partition coefficient (Wildman–Crippen LogP) is -4.17. The Kier molecular flexibility index (Phi) is 55.8. The van der Waals surface area contributed by atoms with Gasteiger partial charge < -0.3 is 40.7 Å². The van der Waals surface area contributed by atoms with Crippen LogP contribution in [0.15, 0.2) is 0 Å². The van der Waals surface area contributed by atoms with Gasteiger partial charge in [0.05, 0.1) is 0 Å². The first-order valence-electron chi connectivity index (χ1n) is 2.78. The smallest absolute Gasteiger partial charge is 0.550 e. The van der Waals surface area contributed by atoms with Crippen LogP contribution in [0.4, 0.5) is 0 Å². The quantitative estimate of drug-likeness (QED) is 0.280. The second-order valence-electron chi connectivity index (χ2n) is 2.92. The van der Waals surface area contributed by atoms with Crippen molar-refractivity contribution < 1.29 is 55.6 Å². The zero-order chi connectivity index (χ0) is 10.6. The third-order valence-corrected chi connectivity index (χ3v) is 0.612. The molecular weight excluding hydrogens is 320 g/mol. The van der Waals surface area contributed by atoms with Gasteiger partial charge in [0.1, 0.15) is 0 Å². The molecule has 13 heteroatoms. The van der Waals surface area contributed by atoms with Crippen LogP contribution >= 0.6 is 0 Å². The summed E-state index contributed by atoms with van der Waals surface area (Å²) < 4.78 is 34.0. The fourth-order valence-corrected chi connectivity index (χ4v) is 0. The van der Waals surface area contributed by atoms with Crippen molar-refractivity contribution in [3.8, 4) is 0 Å². The molecule has 0 aliphatic carbocycles. The second-order valence-corrected chi connectivity index (χ2v) is 3.67. The first-order valence-corrected chi connectivity index (χ1v) is 4.01. The molecule has 0 unspecified atom stereocenters. The van der Waals surface area contributed by atoms with Gasteiger partial charge in [-0.3, -0.25) is 0 Å². The van der Waals surface area contributed by atoms with Crippen molar-refractivity contribution in [2.24, 2.45) is 5.41 Å². The molecule has 0 aromatic carbocycles. The Morgan fingerprint density at radius 1 is 0.833 bits per heavy atom. The summed E-state index contributed by atoms with van der Waals surface area (Å²) in [4.78, 5) is 9.91. The summed E-state index contributed by atoms with van der Waals surface area (Å²) in [6.45, 7) is 4.80. The Bertz CT molecular complexity index is 157.